The molecule has 1 amide bonds. The summed E-state index contributed by atoms with van der Waals surface area (Å²) in [5, 5.41) is 0. The standard InChI is InChI=1S/C16H24N2O2/c1-12-6-3-4-9-15(12)20-11-10-18(2)16(19)13-7-5-8-14(13)17/h3-4,6,9,13-14H,5,7-8,10-11,17H2,1-2H3/t13-,14-/m0/s1. The Kier molecular flexibility index (Phi) is 5.01. The Labute approximate surface area is 120 Å². The molecule has 0 unspecified atom stereocenters. The molecule has 1 fully saturated rings. The summed E-state index contributed by atoms with van der Waals surface area (Å²) in [4.78, 5) is 14.0. The highest BCUT2D eigenvalue weighted by molar-refractivity contribution is 5.79. The lowest BCUT2D eigenvalue weighted by Gasteiger charge is -2.23. The largest absolute Gasteiger partial charge is 0.491 e. The van der Waals surface area contributed by atoms with E-state index in [2.05, 4.69) is 0 Å². The van der Waals surface area contributed by atoms with Gasteiger partial charge in [0.1, 0.15) is 12.4 Å². The molecule has 2 atom stereocenters. The van der Waals surface area contributed by atoms with Crippen molar-refractivity contribution in [2.45, 2.75) is 32.2 Å². The SMILES string of the molecule is Cc1ccccc1OCCN(C)C(=O)[C@H]1CCC[C@@H]1N. The molecular weight excluding hydrogens is 252 g/mol. The Morgan fingerprint density at radius 2 is 2.15 bits per heavy atom. The van der Waals surface area contributed by atoms with Crippen LogP contribution in [0.1, 0.15) is 24.8 Å². The van der Waals surface area contributed by atoms with Gasteiger partial charge in [0.15, 0.2) is 0 Å². The molecule has 1 saturated carbocycles. The molecule has 1 aromatic rings. The molecule has 0 aromatic heterocycles. The molecule has 4 heteroatoms. The second kappa shape index (κ2) is 6.75. The number of rotatable bonds is 5. The monoisotopic (exact) mass is 276 g/mol. The maximum atomic E-state index is 12.3. The first-order valence-corrected chi connectivity index (χ1v) is 7.28. The lowest BCUT2D eigenvalue weighted by atomic mass is 10.0. The molecule has 0 radical (unpaired) electrons. The zero-order valence-electron chi connectivity index (χ0n) is 12.3. The molecule has 1 aliphatic carbocycles. The van der Waals surface area contributed by atoms with Gasteiger partial charge >= 0.3 is 0 Å². The maximum absolute atomic E-state index is 12.3. The average Bonchev–Trinajstić information content (AvgIpc) is 2.86. The molecule has 1 aromatic carbocycles. The van der Waals surface area contributed by atoms with Crippen LogP contribution in [-0.2, 0) is 4.79 Å². The van der Waals surface area contributed by atoms with Gasteiger partial charge in [-0.25, -0.2) is 0 Å². The molecule has 0 aliphatic heterocycles. The normalized spacial score (nSPS) is 21.8. The van der Waals surface area contributed by atoms with Crippen molar-refractivity contribution in [1.29, 1.82) is 0 Å². The number of likely N-dealkylation sites (N-methyl/N-ethyl adjacent to an activating group) is 1. The summed E-state index contributed by atoms with van der Waals surface area (Å²) >= 11 is 0. The molecule has 110 valence electrons. The van der Waals surface area contributed by atoms with Gasteiger partial charge in [-0.1, -0.05) is 24.6 Å². The van der Waals surface area contributed by atoms with Crippen LogP contribution in [0.25, 0.3) is 0 Å². The number of hydrogen-bond donors (Lipinski definition) is 1. The number of aryl methyl sites for hydroxylation is 1. The highest BCUT2D eigenvalue weighted by Gasteiger charge is 2.31. The van der Waals surface area contributed by atoms with Crippen molar-refractivity contribution >= 4 is 5.91 Å². The van der Waals surface area contributed by atoms with Crippen LogP contribution in [0.5, 0.6) is 5.75 Å². The second-order valence-electron chi connectivity index (χ2n) is 5.58. The molecule has 0 spiro atoms. The van der Waals surface area contributed by atoms with E-state index in [-0.39, 0.29) is 17.9 Å². The van der Waals surface area contributed by atoms with Crippen LogP contribution in [-0.4, -0.2) is 37.0 Å². The number of nitrogens with two attached hydrogens (primary N) is 1. The highest BCUT2D eigenvalue weighted by Crippen LogP contribution is 2.25. The minimum Gasteiger partial charge on any atom is -0.491 e. The van der Waals surface area contributed by atoms with Gasteiger partial charge in [0.05, 0.1) is 12.5 Å². The van der Waals surface area contributed by atoms with Gasteiger partial charge in [0.2, 0.25) is 5.91 Å². The van der Waals surface area contributed by atoms with Crippen molar-refractivity contribution in [3.63, 3.8) is 0 Å². The molecule has 0 saturated heterocycles. The molecule has 2 rings (SSSR count). The molecular formula is C16H24N2O2. The second-order valence-corrected chi connectivity index (χ2v) is 5.58. The first-order chi connectivity index (χ1) is 9.59. The van der Waals surface area contributed by atoms with Crippen LogP contribution >= 0.6 is 0 Å². The van der Waals surface area contributed by atoms with E-state index in [1.165, 1.54) is 0 Å². The van der Waals surface area contributed by atoms with Crippen LogP contribution in [0.2, 0.25) is 0 Å². The minimum atomic E-state index is -0.00142. The molecule has 0 bridgehead atoms. The van der Waals surface area contributed by atoms with Gasteiger partial charge in [-0.05, 0) is 31.4 Å². The van der Waals surface area contributed by atoms with Crippen molar-refractivity contribution in [3.8, 4) is 5.75 Å². The average molecular weight is 276 g/mol. The van der Waals surface area contributed by atoms with Gasteiger partial charge in [0.25, 0.3) is 0 Å². The zero-order chi connectivity index (χ0) is 14.5. The third-order valence-electron chi connectivity index (χ3n) is 4.04. The van der Waals surface area contributed by atoms with E-state index in [1.807, 2.05) is 38.2 Å². The topological polar surface area (TPSA) is 55.6 Å². The Morgan fingerprint density at radius 3 is 2.80 bits per heavy atom. The Balaban J connectivity index is 1.79. The zero-order valence-corrected chi connectivity index (χ0v) is 12.3. The molecule has 1 aliphatic rings. The van der Waals surface area contributed by atoms with Crippen molar-refractivity contribution in [3.05, 3.63) is 29.8 Å². The smallest absolute Gasteiger partial charge is 0.227 e. The van der Waals surface area contributed by atoms with Crippen molar-refractivity contribution in [2.24, 2.45) is 11.7 Å². The Hall–Kier alpha value is -1.55. The summed E-state index contributed by atoms with van der Waals surface area (Å²) in [6.45, 7) is 3.12. The van der Waals surface area contributed by atoms with Crippen LogP contribution in [0.15, 0.2) is 24.3 Å². The molecule has 4 nitrogen and oxygen atoms in total. The van der Waals surface area contributed by atoms with Gasteiger partial charge in [-0.3, -0.25) is 4.79 Å². The van der Waals surface area contributed by atoms with Crippen LogP contribution in [0.4, 0.5) is 0 Å². The van der Waals surface area contributed by atoms with E-state index in [0.717, 1.165) is 30.6 Å². The Bertz CT molecular complexity index is 462. The third kappa shape index (κ3) is 3.51. The van der Waals surface area contributed by atoms with Gasteiger partial charge in [-0.2, -0.15) is 0 Å². The van der Waals surface area contributed by atoms with Gasteiger partial charge in [-0.15, -0.1) is 0 Å². The van der Waals surface area contributed by atoms with Gasteiger partial charge < -0.3 is 15.4 Å². The number of carbonyl (C=O) groups excluding carboxylic acids is 1. The number of carbonyl (C=O) groups is 1. The maximum Gasteiger partial charge on any atom is 0.227 e. The quantitative estimate of drug-likeness (QED) is 0.894. The number of amides is 1. The lowest BCUT2D eigenvalue weighted by molar-refractivity contribution is -0.134. The number of hydrogen-bond acceptors (Lipinski definition) is 3. The lowest BCUT2D eigenvalue weighted by Crippen LogP contribution is -2.41. The number of nitrogens with zero attached hydrogens (tertiary/aromatic N) is 1. The predicted molar refractivity (Wildman–Crippen MR) is 79.6 cm³/mol. The summed E-state index contributed by atoms with van der Waals surface area (Å²) in [6, 6.07) is 7.93. The molecule has 0 heterocycles. The predicted octanol–water partition coefficient (Wildman–Crippen LogP) is 1.96. The first kappa shape index (κ1) is 14.9. The van der Waals surface area contributed by atoms with Crippen LogP contribution < -0.4 is 10.5 Å². The highest BCUT2D eigenvalue weighted by atomic mass is 16.5. The van der Waals surface area contributed by atoms with Crippen molar-refractivity contribution < 1.29 is 9.53 Å². The van der Waals surface area contributed by atoms with Gasteiger partial charge in [0, 0.05) is 13.1 Å². The summed E-state index contributed by atoms with van der Waals surface area (Å²) in [7, 11) is 1.83. The van der Waals surface area contributed by atoms with E-state index in [0.29, 0.717) is 13.2 Å². The third-order valence-corrected chi connectivity index (χ3v) is 4.04. The molecule has 2 N–H and O–H groups in total. The number of para-hydroxylation sites is 1. The van der Waals surface area contributed by atoms with E-state index in [4.69, 9.17) is 10.5 Å². The summed E-state index contributed by atoms with van der Waals surface area (Å²) in [5.41, 5.74) is 7.09. The van der Waals surface area contributed by atoms with Crippen LogP contribution in [0, 0.1) is 12.8 Å². The summed E-state index contributed by atoms with van der Waals surface area (Å²) in [6.07, 6.45) is 2.94. The minimum absolute atomic E-state index is 0.00142. The fourth-order valence-corrected chi connectivity index (χ4v) is 2.70. The fourth-order valence-electron chi connectivity index (χ4n) is 2.70. The van der Waals surface area contributed by atoms with Crippen molar-refractivity contribution in [1.82, 2.24) is 4.90 Å². The van der Waals surface area contributed by atoms with E-state index in [9.17, 15) is 4.79 Å². The summed E-state index contributed by atoms with van der Waals surface area (Å²) < 4.78 is 5.72. The summed E-state index contributed by atoms with van der Waals surface area (Å²) in [5.74, 6) is 1.03. The fraction of sp³-hybridized carbons (Fsp3) is 0.562. The van der Waals surface area contributed by atoms with E-state index in [1.54, 1.807) is 4.90 Å². The van der Waals surface area contributed by atoms with E-state index >= 15 is 0 Å². The number of benzene rings is 1. The Morgan fingerprint density at radius 1 is 1.40 bits per heavy atom. The van der Waals surface area contributed by atoms with E-state index < -0.39 is 0 Å². The van der Waals surface area contributed by atoms with Crippen molar-refractivity contribution in [2.75, 3.05) is 20.2 Å². The van der Waals surface area contributed by atoms with Crippen LogP contribution in [0.3, 0.4) is 0 Å². The first-order valence-electron chi connectivity index (χ1n) is 7.28. The molecule has 20 heavy (non-hydrogen) atoms. The number of ether oxygens (including phenoxy) is 1.